The largest absolute Gasteiger partial charge is 0.389 e. The number of aromatic nitrogens is 1. The second-order valence-electron chi connectivity index (χ2n) is 4.08. The highest BCUT2D eigenvalue weighted by atomic mass is 32.1. The van der Waals surface area contributed by atoms with Crippen LogP contribution in [0.1, 0.15) is 37.1 Å². The zero-order valence-corrected chi connectivity index (χ0v) is 9.18. The molecule has 1 unspecified atom stereocenters. The monoisotopic (exact) mass is 212 g/mol. The van der Waals surface area contributed by atoms with Crippen LogP contribution in [0.5, 0.6) is 0 Å². The van der Waals surface area contributed by atoms with Crippen molar-refractivity contribution in [1.29, 1.82) is 0 Å². The first-order valence-corrected chi connectivity index (χ1v) is 5.92. The molecule has 0 radical (unpaired) electrons. The van der Waals surface area contributed by atoms with Crippen molar-refractivity contribution < 1.29 is 5.11 Å². The fourth-order valence-electron chi connectivity index (χ4n) is 1.64. The third-order valence-corrected chi connectivity index (χ3v) is 3.86. The Bertz CT molecular complexity index is 282. The van der Waals surface area contributed by atoms with E-state index in [1.165, 1.54) is 4.88 Å². The van der Waals surface area contributed by atoms with Gasteiger partial charge in [0.1, 0.15) is 0 Å². The first-order chi connectivity index (χ1) is 6.70. The maximum Gasteiger partial charge on any atom is 0.0794 e. The number of thiazole rings is 1. The van der Waals surface area contributed by atoms with Crippen molar-refractivity contribution in [2.45, 2.75) is 37.8 Å². The number of nitrogens with zero attached hydrogens (tertiary/aromatic N) is 1. The zero-order chi connectivity index (χ0) is 10.0. The highest BCUT2D eigenvalue weighted by Crippen LogP contribution is 2.31. The van der Waals surface area contributed by atoms with Gasteiger partial charge in [0.15, 0.2) is 0 Å². The van der Waals surface area contributed by atoms with Crippen LogP contribution in [0.4, 0.5) is 0 Å². The molecule has 0 aliphatic heterocycles. The molecule has 2 rings (SSSR count). The Morgan fingerprint density at radius 2 is 2.50 bits per heavy atom. The predicted octanol–water partition coefficient (Wildman–Crippen LogP) is 1.71. The van der Waals surface area contributed by atoms with E-state index in [9.17, 15) is 5.11 Å². The fourth-order valence-corrected chi connectivity index (χ4v) is 2.30. The van der Waals surface area contributed by atoms with E-state index in [2.05, 4.69) is 17.2 Å². The van der Waals surface area contributed by atoms with Gasteiger partial charge in [-0.1, -0.05) is 0 Å². The molecule has 1 aliphatic carbocycles. The summed E-state index contributed by atoms with van der Waals surface area (Å²) in [6, 6.07) is 0.298. The second kappa shape index (κ2) is 3.96. The molecule has 4 heteroatoms. The normalized spacial score (nSPS) is 21.6. The van der Waals surface area contributed by atoms with Gasteiger partial charge in [-0.15, -0.1) is 11.3 Å². The Hall–Kier alpha value is -0.450. The molecule has 0 bridgehead atoms. The van der Waals surface area contributed by atoms with Crippen LogP contribution in [0.25, 0.3) is 0 Å². The Morgan fingerprint density at radius 1 is 1.71 bits per heavy atom. The molecule has 2 N–H and O–H groups in total. The Morgan fingerprint density at radius 3 is 3.00 bits per heavy atom. The van der Waals surface area contributed by atoms with Gasteiger partial charge in [0, 0.05) is 23.7 Å². The summed E-state index contributed by atoms with van der Waals surface area (Å²) in [6.45, 7) is 2.81. The fraction of sp³-hybridized carbons (Fsp3) is 0.700. The van der Waals surface area contributed by atoms with E-state index in [4.69, 9.17) is 0 Å². The van der Waals surface area contributed by atoms with E-state index in [0.717, 1.165) is 19.3 Å². The molecular formula is C10H16N2OS. The first-order valence-electron chi connectivity index (χ1n) is 5.04. The van der Waals surface area contributed by atoms with Crippen molar-refractivity contribution in [2.24, 2.45) is 0 Å². The van der Waals surface area contributed by atoms with Gasteiger partial charge in [0.25, 0.3) is 0 Å². The van der Waals surface area contributed by atoms with E-state index in [-0.39, 0.29) is 0 Å². The summed E-state index contributed by atoms with van der Waals surface area (Å²) < 4.78 is 0. The minimum Gasteiger partial charge on any atom is -0.389 e. The number of hydrogen-bond donors (Lipinski definition) is 2. The highest BCUT2D eigenvalue weighted by molar-refractivity contribution is 7.09. The van der Waals surface area contributed by atoms with Crippen LogP contribution in [-0.2, 0) is 0 Å². The van der Waals surface area contributed by atoms with Gasteiger partial charge >= 0.3 is 0 Å². The van der Waals surface area contributed by atoms with Crippen LogP contribution in [0, 0.1) is 0 Å². The molecule has 1 atom stereocenters. The predicted molar refractivity (Wildman–Crippen MR) is 57.3 cm³/mol. The number of rotatable bonds is 4. The Balaban J connectivity index is 1.80. The molecule has 0 amide bonds. The average Bonchev–Trinajstić information content (AvgIpc) is 2.63. The van der Waals surface area contributed by atoms with Crippen LogP contribution in [-0.4, -0.2) is 22.2 Å². The highest BCUT2D eigenvalue weighted by Gasteiger charge is 2.34. The van der Waals surface area contributed by atoms with Crippen molar-refractivity contribution in [2.75, 3.05) is 6.54 Å². The lowest BCUT2D eigenvalue weighted by molar-refractivity contribution is -0.0328. The molecule has 1 heterocycles. The quantitative estimate of drug-likeness (QED) is 0.798. The summed E-state index contributed by atoms with van der Waals surface area (Å²) in [5, 5.41) is 13.2. The third-order valence-electron chi connectivity index (χ3n) is 2.90. The van der Waals surface area contributed by atoms with Crippen LogP contribution >= 0.6 is 11.3 Å². The van der Waals surface area contributed by atoms with E-state index in [1.54, 1.807) is 11.3 Å². The maximum atomic E-state index is 9.88. The summed E-state index contributed by atoms with van der Waals surface area (Å²) in [5.74, 6) is 0. The second-order valence-corrected chi connectivity index (χ2v) is 5.00. The lowest BCUT2D eigenvalue weighted by Gasteiger charge is -2.37. The minimum absolute atomic E-state index is 0.298. The van der Waals surface area contributed by atoms with Gasteiger partial charge in [-0.05, 0) is 26.2 Å². The van der Waals surface area contributed by atoms with Crippen LogP contribution in [0.2, 0.25) is 0 Å². The average molecular weight is 212 g/mol. The van der Waals surface area contributed by atoms with E-state index >= 15 is 0 Å². The van der Waals surface area contributed by atoms with Crippen molar-refractivity contribution in [3.05, 3.63) is 16.6 Å². The van der Waals surface area contributed by atoms with E-state index in [1.807, 2.05) is 11.7 Å². The maximum absolute atomic E-state index is 9.88. The molecule has 0 saturated heterocycles. The first kappa shape index (κ1) is 10.1. The standard InChI is InChI=1S/C10H16N2OS/c1-8(9-5-11-7-14-9)12-6-10(13)3-2-4-10/h5,7-8,12-13H,2-4,6H2,1H3. The summed E-state index contributed by atoms with van der Waals surface area (Å²) in [5.41, 5.74) is 1.41. The molecule has 0 spiro atoms. The number of hydrogen-bond acceptors (Lipinski definition) is 4. The van der Waals surface area contributed by atoms with E-state index in [0.29, 0.717) is 12.6 Å². The molecule has 1 aromatic rings. The van der Waals surface area contributed by atoms with Crippen molar-refractivity contribution >= 4 is 11.3 Å². The molecule has 0 aromatic carbocycles. The van der Waals surface area contributed by atoms with Gasteiger partial charge < -0.3 is 10.4 Å². The molecule has 1 aliphatic rings. The van der Waals surface area contributed by atoms with E-state index < -0.39 is 5.60 Å². The number of nitrogens with one attached hydrogen (secondary N) is 1. The van der Waals surface area contributed by atoms with Crippen LogP contribution in [0.3, 0.4) is 0 Å². The van der Waals surface area contributed by atoms with Gasteiger partial charge in [-0.2, -0.15) is 0 Å². The summed E-state index contributed by atoms with van der Waals surface area (Å²) in [7, 11) is 0. The van der Waals surface area contributed by atoms with Crippen LogP contribution < -0.4 is 5.32 Å². The van der Waals surface area contributed by atoms with Gasteiger partial charge in [0.2, 0.25) is 0 Å². The minimum atomic E-state index is -0.432. The molecule has 78 valence electrons. The van der Waals surface area contributed by atoms with Crippen molar-refractivity contribution in [3.63, 3.8) is 0 Å². The lowest BCUT2D eigenvalue weighted by atomic mass is 9.80. The molecule has 1 aromatic heterocycles. The van der Waals surface area contributed by atoms with Crippen LogP contribution in [0.15, 0.2) is 11.7 Å². The zero-order valence-electron chi connectivity index (χ0n) is 8.36. The summed E-state index contributed by atoms with van der Waals surface area (Å²) in [4.78, 5) is 5.27. The molecule has 1 fully saturated rings. The molecule has 3 nitrogen and oxygen atoms in total. The van der Waals surface area contributed by atoms with Crippen molar-refractivity contribution in [3.8, 4) is 0 Å². The Kier molecular flexibility index (Phi) is 2.85. The lowest BCUT2D eigenvalue weighted by Crippen LogP contribution is -2.46. The van der Waals surface area contributed by atoms with Crippen molar-refractivity contribution in [1.82, 2.24) is 10.3 Å². The molecule has 14 heavy (non-hydrogen) atoms. The Labute approximate surface area is 88.2 Å². The SMILES string of the molecule is CC(NCC1(O)CCC1)c1cncs1. The molecular weight excluding hydrogens is 196 g/mol. The van der Waals surface area contributed by atoms with Gasteiger partial charge in [0.05, 0.1) is 11.1 Å². The topological polar surface area (TPSA) is 45.1 Å². The third kappa shape index (κ3) is 2.13. The summed E-state index contributed by atoms with van der Waals surface area (Å²) in [6.07, 6.45) is 4.92. The smallest absolute Gasteiger partial charge is 0.0794 e. The van der Waals surface area contributed by atoms with Gasteiger partial charge in [-0.25, -0.2) is 0 Å². The van der Waals surface area contributed by atoms with Gasteiger partial charge in [-0.3, -0.25) is 4.98 Å². The summed E-state index contributed by atoms with van der Waals surface area (Å²) >= 11 is 1.65. The number of aliphatic hydroxyl groups is 1. The molecule has 1 saturated carbocycles.